The van der Waals surface area contributed by atoms with Crippen molar-refractivity contribution in [2.24, 2.45) is 5.10 Å². The number of nitriles is 1. The molecule has 0 saturated heterocycles. The van der Waals surface area contributed by atoms with Gasteiger partial charge in [0.25, 0.3) is 5.91 Å². The van der Waals surface area contributed by atoms with Crippen LogP contribution in [0.25, 0.3) is 0 Å². The molecule has 3 aromatic rings. The van der Waals surface area contributed by atoms with Gasteiger partial charge in [0.15, 0.2) is 0 Å². The van der Waals surface area contributed by atoms with Crippen molar-refractivity contribution in [2.75, 3.05) is 14.2 Å². The number of amides is 1. The van der Waals surface area contributed by atoms with E-state index < -0.39 is 5.91 Å². The Balaban J connectivity index is 1.74. The third-order valence-corrected chi connectivity index (χ3v) is 4.71. The summed E-state index contributed by atoms with van der Waals surface area (Å²) in [6, 6.07) is 19.2. The number of ether oxygens (including phenoxy) is 3. The standard InChI is InChI=1S/C24H20ClN3O4/c1-30-21-10-18(11-22(12-21)31-2)24(29)28-27-14-19-9-20(25)7-8-23(19)32-15-17-6-4-3-5-16(17)13-26/h3-12,14H,15H2,1-2H3,(H,28,29)/b27-14-. The average molecular weight is 450 g/mol. The summed E-state index contributed by atoms with van der Waals surface area (Å²) in [7, 11) is 3.01. The second kappa shape index (κ2) is 10.8. The van der Waals surface area contributed by atoms with Gasteiger partial charge in [0, 0.05) is 27.8 Å². The molecule has 8 heteroatoms. The topological polar surface area (TPSA) is 92.9 Å². The molecule has 0 bridgehead atoms. The van der Waals surface area contributed by atoms with Gasteiger partial charge >= 0.3 is 0 Å². The van der Waals surface area contributed by atoms with Gasteiger partial charge < -0.3 is 14.2 Å². The fourth-order valence-electron chi connectivity index (χ4n) is 2.83. The van der Waals surface area contributed by atoms with Crippen molar-refractivity contribution in [3.8, 4) is 23.3 Å². The van der Waals surface area contributed by atoms with Crippen LogP contribution in [0.15, 0.2) is 65.8 Å². The summed E-state index contributed by atoms with van der Waals surface area (Å²) >= 11 is 6.11. The third-order valence-electron chi connectivity index (χ3n) is 4.48. The van der Waals surface area contributed by atoms with Crippen molar-refractivity contribution >= 4 is 23.7 Å². The first-order chi connectivity index (χ1) is 15.5. The Morgan fingerprint density at radius 3 is 2.50 bits per heavy atom. The molecule has 0 radical (unpaired) electrons. The van der Waals surface area contributed by atoms with E-state index in [-0.39, 0.29) is 6.61 Å². The van der Waals surface area contributed by atoms with Gasteiger partial charge in [-0.2, -0.15) is 10.4 Å². The summed E-state index contributed by atoms with van der Waals surface area (Å²) in [6.07, 6.45) is 1.44. The second-order valence-electron chi connectivity index (χ2n) is 6.54. The van der Waals surface area contributed by atoms with Crippen molar-refractivity contribution in [1.29, 1.82) is 5.26 Å². The Labute approximate surface area is 190 Å². The number of carbonyl (C=O) groups excluding carboxylic acids is 1. The fraction of sp³-hybridized carbons (Fsp3) is 0.125. The highest BCUT2D eigenvalue weighted by molar-refractivity contribution is 6.30. The molecule has 0 aliphatic heterocycles. The van der Waals surface area contributed by atoms with Crippen molar-refractivity contribution in [3.63, 3.8) is 0 Å². The largest absolute Gasteiger partial charge is 0.497 e. The van der Waals surface area contributed by atoms with E-state index in [2.05, 4.69) is 16.6 Å². The van der Waals surface area contributed by atoms with Crippen LogP contribution in [0.4, 0.5) is 0 Å². The van der Waals surface area contributed by atoms with Gasteiger partial charge in [0.2, 0.25) is 0 Å². The molecule has 3 rings (SSSR count). The minimum atomic E-state index is -0.439. The predicted octanol–water partition coefficient (Wildman–Crippen LogP) is 4.57. The number of nitrogens with one attached hydrogen (secondary N) is 1. The zero-order valence-electron chi connectivity index (χ0n) is 17.5. The maximum absolute atomic E-state index is 12.5. The number of nitrogens with zero attached hydrogens (tertiary/aromatic N) is 2. The van der Waals surface area contributed by atoms with Crippen LogP contribution in [0.5, 0.6) is 17.2 Å². The first-order valence-corrected chi connectivity index (χ1v) is 9.88. The van der Waals surface area contributed by atoms with Crippen molar-refractivity contribution in [2.45, 2.75) is 6.61 Å². The average Bonchev–Trinajstić information content (AvgIpc) is 2.83. The number of methoxy groups -OCH3 is 2. The van der Waals surface area contributed by atoms with E-state index in [0.29, 0.717) is 39.0 Å². The molecule has 0 spiro atoms. The molecule has 32 heavy (non-hydrogen) atoms. The summed E-state index contributed by atoms with van der Waals surface area (Å²) in [5.74, 6) is 1.04. The number of hydrogen-bond acceptors (Lipinski definition) is 6. The van der Waals surface area contributed by atoms with Crippen LogP contribution >= 0.6 is 11.6 Å². The quantitative estimate of drug-likeness (QED) is 0.401. The number of benzene rings is 3. The Kier molecular flexibility index (Phi) is 7.68. The van der Waals surface area contributed by atoms with E-state index in [1.807, 2.05) is 12.1 Å². The highest BCUT2D eigenvalue weighted by Gasteiger charge is 2.10. The SMILES string of the molecule is COc1cc(OC)cc(C(=O)N/N=C\c2cc(Cl)ccc2OCc2ccccc2C#N)c1. The zero-order valence-corrected chi connectivity index (χ0v) is 18.2. The molecule has 0 heterocycles. The van der Waals surface area contributed by atoms with E-state index in [9.17, 15) is 10.1 Å². The maximum atomic E-state index is 12.5. The maximum Gasteiger partial charge on any atom is 0.271 e. The van der Waals surface area contributed by atoms with Crippen LogP contribution in [0.2, 0.25) is 5.02 Å². The zero-order chi connectivity index (χ0) is 22.9. The third kappa shape index (κ3) is 5.78. The lowest BCUT2D eigenvalue weighted by molar-refractivity contribution is 0.0954. The number of halogens is 1. The lowest BCUT2D eigenvalue weighted by Gasteiger charge is -2.10. The minimum Gasteiger partial charge on any atom is -0.497 e. The van der Waals surface area contributed by atoms with Gasteiger partial charge in [-0.25, -0.2) is 5.43 Å². The molecule has 0 unspecified atom stereocenters. The molecule has 0 fully saturated rings. The molecule has 0 aliphatic rings. The van der Waals surface area contributed by atoms with Gasteiger partial charge in [-0.15, -0.1) is 0 Å². The van der Waals surface area contributed by atoms with Crippen LogP contribution in [0.3, 0.4) is 0 Å². The van der Waals surface area contributed by atoms with Crippen molar-refractivity contribution in [3.05, 3.63) is 87.9 Å². The van der Waals surface area contributed by atoms with Gasteiger partial charge in [0.1, 0.15) is 23.9 Å². The Hall–Kier alpha value is -4.02. The Morgan fingerprint density at radius 2 is 1.81 bits per heavy atom. The van der Waals surface area contributed by atoms with E-state index >= 15 is 0 Å². The lowest BCUT2D eigenvalue weighted by atomic mass is 10.1. The van der Waals surface area contributed by atoms with Gasteiger partial charge in [-0.05, 0) is 36.4 Å². The van der Waals surface area contributed by atoms with Gasteiger partial charge in [-0.1, -0.05) is 29.8 Å². The molecule has 7 nitrogen and oxygen atoms in total. The summed E-state index contributed by atoms with van der Waals surface area (Å²) < 4.78 is 16.2. The predicted molar refractivity (Wildman–Crippen MR) is 122 cm³/mol. The van der Waals surface area contributed by atoms with Crippen LogP contribution in [-0.4, -0.2) is 26.3 Å². The highest BCUT2D eigenvalue weighted by Crippen LogP contribution is 2.24. The monoisotopic (exact) mass is 449 g/mol. The lowest BCUT2D eigenvalue weighted by Crippen LogP contribution is -2.17. The molecular weight excluding hydrogens is 430 g/mol. The summed E-state index contributed by atoms with van der Waals surface area (Å²) in [5.41, 5.74) is 4.66. The summed E-state index contributed by atoms with van der Waals surface area (Å²) in [6.45, 7) is 0.197. The van der Waals surface area contributed by atoms with E-state index in [4.69, 9.17) is 25.8 Å². The number of hydrogen-bond donors (Lipinski definition) is 1. The Morgan fingerprint density at radius 1 is 1.09 bits per heavy atom. The Bertz CT molecular complexity index is 1170. The number of rotatable bonds is 8. The van der Waals surface area contributed by atoms with E-state index in [0.717, 1.165) is 5.56 Å². The second-order valence-corrected chi connectivity index (χ2v) is 6.98. The number of carbonyl (C=O) groups is 1. The van der Waals surface area contributed by atoms with Gasteiger partial charge in [-0.3, -0.25) is 4.79 Å². The first-order valence-electron chi connectivity index (χ1n) is 9.51. The molecule has 1 N–H and O–H groups in total. The van der Waals surface area contributed by atoms with Crippen molar-refractivity contribution in [1.82, 2.24) is 5.43 Å². The number of hydrazone groups is 1. The summed E-state index contributed by atoms with van der Waals surface area (Å²) in [5, 5.41) is 13.7. The van der Waals surface area contributed by atoms with Crippen molar-refractivity contribution < 1.29 is 19.0 Å². The molecular formula is C24H20ClN3O4. The summed E-state index contributed by atoms with van der Waals surface area (Å²) in [4.78, 5) is 12.5. The molecule has 0 aromatic heterocycles. The van der Waals surface area contributed by atoms with Gasteiger partial charge in [0.05, 0.1) is 32.1 Å². The van der Waals surface area contributed by atoms with Crippen LogP contribution in [0, 0.1) is 11.3 Å². The van der Waals surface area contributed by atoms with Crippen LogP contribution < -0.4 is 19.6 Å². The molecule has 1 amide bonds. The smallest absolute Gasteiger partial charge is 0.271 e. The molecule has 162 valence electrons. The van der Waals surface area contributed by atoms with E-state index in [1.54, 1.807) is 48.5 Å². The van der Waals surface area contributed by atoms with Crippen LogP contribution in [-0.2, 0) is 6.61 Å². The van der Waals surface area contributed by atoms with E-state index in [1.165, 1.54) is 20.4 Å². The normalized spacial score (nSPS) is 10.4. The highest BCUT2D eigenvalue weighted by atomic mass is 35.5. The minimum absolute atomic E-state index is 0.197. The molecule has 0 aliphatic carbocycles. The molecule has 0 atom stereocenters. The molecule has 3 aromatic carbocycles. The first kappa shape index (κ1) is 22.7. The fourth-order valence-corrected chi connectivity index (χ4v) is 3.01. The van der Waals surface area contributed by atoms with Crippen LogP contribution in [0.1, 0.15) is 27.0 Å². The molecule has 0 saturated carbocycles.